The smallest absolute Gasteiger partial charge is 0.281 e. The number of hydrogen-bond acceptors (Lipinski definition) is 6. The van der Waals surface area contributed by atoms with Gasteiger partial charge in [-0.1, -0.05) is 42.1 Å². The minimum absolute atomic E-state index is 0.0112. The summed E-state index contributed by atoms with van der Waals surface area (Å²) in [5, 5.41) is 9.19. The number of nitrogens with zero attached hydrogens (tertiary/aromatic N) is 5. The van der Waals surface area contributed by atoms with E-state index >= 15 is 0 Å². The maximum absolute atomic E-state index is 12.8. The number of nitrogens with two attached hydrogens (primary N) is 1. The van der Waals surface area contributed by atoms with E-state index in [1.54, 1.807) is 16.5 Å². The molecule has 0 bridgehead atoms. The number of rotatable bonds is 3. The minimum atomic E-state index is -0.336. The first-order chi connectivity index (χ1) is 13.6. The second kappa shape index (κ2) is 6.38. The highest BCUT2D eigenvalue weighted by atomic mass is 32.2. The van der Waals surface area contributed by atoms with E-state index in [4.69, 9.17) is 5.84 Å². The highest BCUT2D eigenvalue weighted by molar-refractivity contribution is 7.99. The Bertz CT molecular complexity index is 1290. The third-order valence-electron chi connectivity index (χ3n) is 4.94. The normalized spacial score (nSPS) is 13.4. The predicted octanol–water partition coefficient (Wildman–Crippen LogP) is 1.44. The van der Waals surface area contributed by atoms with Crippen LogP contribution < -0.4 is 16.3 Å². The van der Waals surface area contributed by atoms with Gasteiger partial charge in [0, 0.05) is 12.2 Å². The van der Waals surface area contributed by atoms with Crippen LogP contribution in [0.4, 0.5) is 5.69 Å². The molecule has 28 heavy (non-hydrogen) atoms. The van der Waals surface area contributed by atoms with Crippen molar-refractivity contribution in [1.29, 1.82) is 0 Å². The number of benzene rings is 2. The molecule has 0 aliphatic carbocycles. The fraction of sp³-hybridized carbons (Fsp3) is 0.158. The molecule has 0 radical (unpaired) electrons. The molecule has 3 heterocycles. The van der Waals surface area contributed by atoms with E-state index in [2.05, 4.69) is 16.3 Å². The number of carbonyl (C=O) groups is 1. The Balaban J connectivity index is 1.48. The summed E-state index contributed by atoms with van der Waals surface area (Å²) in [5.41, 5.74) is 2.49. The van der Waals surface area contributed by atoms with Gasteiger partial charge in [-0.25, -0.2) is 0 Å². The molecule has 2 aromatic heterocycles. The molecule has 0 spiro atoms. The summed E-state index contributed by atoms with van der Waals surface area (Å²) >= 11 is 1.28. The number of para-hydroxylation sites is 2. The molecule has 1 aliphatic heterocycles. The van der Waals surface area contributed by atoms with Gasteiger partial charge in [0.15, 0.2) is 5.16 Å². The number of aromatic nitrogens is 4. The number of hydrogen-bond donors (Lipinski definition) is 1. The Morgan fingerprint density at radius 1 is 1.11 bits per heavy atom. The summed E-state index contributed by atoms with van der Waals surface area (Å²) in [7, 11) is 0. The molecule has 0 fully saturated rings. The number of amides is 1. The zero-order valence-electron chi connectivity index (χ0n) is 14.8. The molecule has 140 valence electrons. The first kappa shape index (κ1) is 16.8. The SMILES string of the molecule is Nn1c(=O)c2ccccc2n2c(SCC(=O)N3CCc4ccccc43)nnc12. The molecule has 2 N–H and O–H groups in total. The van der Waals surface area contributed by atoms with Crippen molar-refractivity contribution in [1.82, 2.24) is 19.3 Å². The fourth-order valence-corrected chi connectivity index (χ4v) is 4.41. The second-order valence-corrected chi connectivity index (χ2v) is 7.47. The van der Waals surface area contributed by atoms with Crippen LogP contribution in [0.2, 0.25) is 0 Å². The van der Waals surface area contributed by atoms with E-state index in [9.17, 15) is 9.59 Å². The number of carbonyl (C=O) groups excluding carboxylic acids is 1. The van der Waals surface area contributed by atoms with E-state index < -0.39 is 0 Å². The number of fused-ring (bicyclic) bond motifs is 4. The molecule has 1 amide bonds. The Hall–Kier alpha value is -3.33. The standard InChI is InChI=1S/C19H16N6O2S/c20-25-17(27)13-6-2-4-8-15(13)24-18(25)21-22-19(24)28-11-16(26)23-10-9-12-5-1-3-7-14(12)23/h1-8H,9-11,20H2. The van der Waals surface area contributed by atoms with Crippen molar-refractivity contribution in [2.75, 3.05) is 23.0 Å². The molecule has 0 saturated heterocycles. The highest BCUT2D eigenvalue weighted by Crippen LogP contribution is 2.29. The molecule has 9 heteroatoms. The second-order valence-electron chi connectivity index (χ2n) is 6.52. The van der Waals surface area contributed by atoms with Crippen molar-refractivity contribution in [3.05, 3.63) is 64.4 Å². The predicted molar refractivity (Wildman–Crippen MR) is 108 cm³/mol. The van der Waals surface area contributed by atoms with Crippen LogP contribution in [0, 0.1) is 0 Å². The van der Waals surface area contributed by atoms with Crippen LogP contribution >= 0.6 is 11.8 Å². The molecule has 0 atom stereocenters. The molecule has 1 aliphatic rings. The van der Waals surface area contributed by atoms with Crippen LogP contribution in [0.5, 0.6) is 0 Å². The van der Waals surface area contributed by atoms with Gasteiger partial charge in [0.25, 0.3) is 11.3 Å². The van der Waals surface area contributed by atoms with E-state index in [1.165, 1.54) is 17.3 Å². The average molecular weight is 392 g/mol. The van der Waals surface area contributed by atoms with Crippen LogP contribution in [-0.4, -0.2) is 37.5 Å². The van der Waals surface area contributed by atoms with Crippen LogP contribution in [0.15, 0.2) is 58.5 Å². The molecular formula is C19H16N6O2S. The number of thioether (sulfide) groups is 1. The first-order valence-corrected chi connectivity index (χ1v) is 9.79. The van der Waals surface area contributed by atoms with Crippen molar-refractivity contribution in [3.63, 3.8) is 0 Å². The van der Waals surface area contributed by atoms with Crippen LogP contribution in [0.1, 0.15) is 5.56 Å². The van der Waals surface area contributed by atoms with Crippen LogP contribution in [-0.2, 0) is 11.2 Å². The lowest BCUT2D eigenvalue weighted by Crippen LogP contribution is -2.30. The molecular weight excluding hydrogens is 376 g/mol. The molecule has 5 rings (SSSR count). The lowest BCUT2D eigenvalue weighted by molar-refractivity contribution is -0.116. The van der Waals surface area contributed by atoms with Gasteiger partial charge in [-0.2, -0.15) is 4.68 Å². The van der Waals surface area contributed by atoms with Crippen molar-refractivity contribution in [3.8, 4) is 0 Å². The summed E-state index contributed by atoms with van der Waals surface area (Å²) in [6, 6.07) is 15.1. The maximum atomic E-state index is 12.8. The zero-order chi connectivity index (χ0) is 19.3. The van der Waals surface area contributed by atoms with Gasteiger partial charge in [0.1, 0.15) is 0 Å². The van der Waals surface area contributed by atoms with Crippen LogP contribution in [0.25, 0.3) is 16.7 Å². The lowest BCUT2D eigenvalue weighted by Gasteiger charge is -2.16. The summed E-state index contributed by atoms with van der Waals surface area (Å²) in [4.78, 5) is 27.0. The van der Waals surface area contributed by atoms with Gasteiger partial charge >= 0.3 is 0 Å². The number of nitrogen functional groups attached to an aromatic ring is 1. The minimum Gasteiger partial charge on any atom is -0.333 e. The van der Waals surface area contributed by atoms with Gasteiger partial charge < -0.3 is 10.7 Å². The maximum Gasteiger partial charge on any atom is 0.281 e. The van der Waals surface area contributed by atoms with Gasteiger partial charge in [-0.3, -0.25) is 14.0 Å². The van der Waals surface area contributed by atoms with Gasteiger partial charge in [-0.15, -0.1) is 10.2 Å². The van der Waals surface area contributed by atoms with Gasteiger partial charge in [-0.05, 0) is 30.2 Å². The Labute approximate surface area is 163 Å². The summed E-state index contributed by atoms with van der Waals surface area (Å²) in [6.07, 6.45) is 0.866. The Kier molecular flexibility index (Phi) is 3.83. The topological polar surface area (TPSA) is 98.5 Å². The fourth-order valence-electron chi connectivity index (χ4n) is 3.59. The summed E-state index contributed by atoms with van der Waals surface area (Å²) in [5.74, 6) is 6.37. The summed E-state index contributed by atoms with van der Waals surface area (Å²) < 4.78 is 2.70. The average Bonchev–Trinajstić information content (AvgIpc) is 3.35. The molecule has 0 unspecified atom stereocenters. The zero-order valence-corrected chi connectivity index (χ0v) is 15.6. The van der Waals surface area contributed by atoms with E-state index in [0.717, 1.165) is 16.8 Å². The lowest BCUT2D eigenvalue weighted by atomic mass is 10.2. The van der Waals surface area contributed by atoms with Gasteiger partial charge in [0.05, 0.1) is 16.7 Å². The Morgan fingerprint density at radius 3 is 2.79 bits per heavy atom. The van der Waals surface area contributed by atoms with E-state index in [0.29, 0.717) is 22.6 Å². The highest BCUT2D eigenvalue weighted by Gasteiger charge is 2.25. The number of anilines is 1. The summed E-state index contributed by atoms with van der Waals surface area (Å²) in [6.45, 7) is 0.685. The molecule has 8 nitrogen and oxygen atoms in total. The van der Waals surface area contributed by atoms with Crippen molar-refractivity contribution in [2.45, 2.75) is 11.6 Å². The largest absolute Gasteiger partial charge is 0.333 e. The van der Waals surface area contributed by atoms with E-state index in [-0.39, 0.29) is 23.0 Å². The van der Waals surface area contributed by atoms with Crippen molar-refractivity contribution >= 4 is 40.0 Å². The van der Waals surface area contributed by atoms with Gasteiger partial charge in [0.2, 0.25) is 5.91 Å². The third kappa shape index (κ3) is 2.47. The van der Waals surface area contributed by atoms with E-state index in [1.807, 2.05) is 35.2 Å². The van der Waals surface area contributed by atoms with Crippen LogP contribution in [0.3, 0.4) is 0 Å². The quantitative estimate of drug-likeness (QED) is 0.418. The molecule has 4 aromatic rings. The van der Waals surface area contributed by atoms with Crippen molar-refractivity contribution in [2.24, 2.45) is 0 Å². The van der Waals surface area contributed by atoms with Crippen molar-refractivity contribution < 1.29 is 4.79 Å². The molecule has 2 aromatic carbocycles. The monoisotopic (exact) mass is 392 g/mol. The third-order valence-corrected chi connectivity index (χ3v) is 5.85. The Morgan fingerprint density at radius 2 is 1.89 bits per heavy atom. The molecule has 0 saturated carbocycles. The first-order valence-electron chi connectivity index (χ1n) is 8.80.